The summed E-state index contributed by atoms with van der Waals surface area (Å²) in [6, 6.07) is 4.93. The van der Waals surface area contributed by atoms with Crippen molar-refractivity contribution in [2.24, 2.45) is 11.8 Å². The lowest BCUT2D eigenvalue weighted by molar-refractivity contribution is -0.137. The molecule has 112 valence electrons. The molecule has 1 aromatic carbocycles. The third kappa shape index (κ3) is 2.72. The lowest BCUT2D eigenvalue weighted by Gasteiger charge is -2.11. The van der Waals surface area contributed by atoms with Gasteiger partial charge in [0, 0.05) is 6.42 Å². The summed E-state index contributed by atoms with van der Waals surface area (Å²) >= 11 is 0. The highest BCUT2D eigenvalue weighted by atomic mass is 19.4. The Balaban J connectivity index is 1.99. The molecule has 1 aromatic heterocycles. The number of rotatable bonds is 3. The molecule has 0 radical (unpaired) electrons. The van der Waals surface area contributed by atoms with Gasteiger partial charge in [-0.05, 0) is 30.4 Å². The Morgan fingerprint density at radius 3 is 2.67 bits per heavy atom. The molecule has 21 heavy (non-hydrogen) atoms. The van der Waals surface area contributed by atoms with E-state index in [-0.39, 0.29) is 5.69 Å². The van der Waals surface area contributed by atoms with Crippen molar-refractivity contribution < 1.29 is 13.2 Å². The van der Waals surface area contributed by atoms with Gasteiger partial charge in [-0.25, -0.2) is 4.79 Å². The Bertz CT molecular complexity index is 717. The van der Waals surface area contributed by atoms with E-state index >= 15 is 0 Å². The van der Waals surface area contributed by atoms with Crippen LogP contribution in [0.15, 0.2) is 29.1 Å². The molecule has 1 aliphatic rings. The maximum Gasteiger partial charge on any atom is 0.418 e. The molecule has 2 aromatic rings. The zero-order chi connectivity index (χ0) is 15.2. The van der Waals surface area contributed by atoms with E-state index in [1.165, 1.54) is 18.2 Å². The van der Waals surface area contributed by atoms with Crippen LogP contribution in [0.25, 0.3) is 5.69 Å². The first-order valence-electron chi connectivity index (χ1n) is 6.71. The molecule has 4 nitrogen and oxygen atoms in total. The van der Waals surface area contributed by atoms with Crippen LogP contribution in [-0.2, 0) is 12.6 Å². The number of hydrogen-bond donors (Lipinski definition) is 1. The molecule has 1 saturated carbocycles. The third-order valence-electron chi connectivity index (χ3n) is 3.83. The Hall–Kier alpha value is -2.05. The van der Waals surface area contributed by atoms with Gasteiger partial charge in [0.2, 0.25) is 0 Å². The van der Waals surface area contributed by atoms with Gasteiger partial charge in [-0.1, -0.05) is 19.1 Å². The molecule has 1 N–H and O–H groups in total. The molecule has 0 amide bonds. The van der Waals surface area contributed by atoms with Crippen molar-refractivity contribution >= 4 is 0 Å². The highest BCUT2D eigenvalue weighted by molar-refractivity contribution is 5.41. The largest absolute Gasteiger partial charge is 0.418 e. The maximum atomic E-state index is 13.0. The number of aromatic nitrogens is 3. The number of H-pyrrole nitrogens is 1. The fourth-order valence-corrected chi connectivity index (χ4v) is 2.45. The van der Waals surface area contributed by atoms with Crippen LogP contribution in [0, 0.1) is 11.8 Å². The van der Waals surface area contributed by atoms with Gasteiger partial charge in [0.25, 0.3) is 0 Å². The van der Waals surface area contributed by atoms with Crippen LogP contribution >= 0.6 is 0 Å². The van der Waals surface area contributed by atoms with E-state index in [1.807, 2.05) is 0 Å². The first-order chi connectivity index (χ1) is 9.86. The van der Waals surface area contributed by atoms with Crippen molar-refractivity contribution in [1.29, 1.82) is 0 Å². The van der Waals surface area contributed by atoms with Gasteiger partial charge in [-0.2, -0.15) is 23.0 Å². The fraction of sp³-hybridized carbons (Fsp3) is 0.429. The fourth-order valence-electron chi connectivity index (χ4n) is 2.45. The summed E-state index contributed by atoms with van der Waals surface area (Å²) < 4.78 is 39.8. The number of para-hydroxylation sites is 1. The summed E-state index contributed by atoms with van der Waals surface area (Å²) in [5, 5.41) is 4.02. The predicted molar refractivity (Wildman–Crippen MR) is 70.2 cm³/mol. The Labute approximate surface area is 118 Å². The molecular weight excluding hydrogens is 283 g/mol. The normalized spacial score (nSPS) is 21.5. The van der Waals surface area contributed by atoms with Gasteiger partial charge in [0.05, 0.1) is 11.3 Å². The highest BCUT2D eigenvalue weighted by Crippen LogP contribution is 2.39. The molecule has 2 unspecified atom stereocenters. The standard InChI is InChI=1S/C14H14F3N3O/c1-8-6-9(8)7-12-18-13(21)20(19-12)11-5-3-2-4-10(11)14(15,16)17/h2-5,8-9H,6-7H2,1H3,(H,18,19,21). The molecule has 2 atom stereocenters. The van der Waals surface area contributed by atoms with Crippen molar-refractivity contribution in [3.05, 3.63) is 46.1 Å². The molecule has 0 aliphatic heterocycles. The number of hydrogen-bond acceptors (Lipinski definition) is 2. The first kappa shape index (κ1) is 13.9. The van der Waals surface area contributed by atoms with Crippen LogP contribution in [0.1, 0.15) is 24.7 Å². The quantitative estimate of drug-likeness (QED) is 0.947. The van der Waals surface area contributed by atoms with Gasteiger partial charge >= 0.3 is 11.9 Å². The van der Waals surface area contributed by atoms with E-state index in [9.17, 15) is 18.0 Å². The van der Waals surface area contributed by atoms with E-state index < -0.39 is 17.4 Å². The van der Waals surface area contributed by atoms with Crippen LogP contribution in [-0.4, -0.2) is 14.8 Å². The third-order valence-corrected chi connectivity index (χ3v) is 3.83. The average molecular weight is 297 g/mol. The lowest BCUT2D eigenvalue weighted by atomic mass is 10.2. The average Bonchev–Trinajstić information content (AvgIpc) is 2.96. The second-order valence-electron chi connectivity index (χ2n) is 5.48. The summed E-state index contributed by atoms with van der Waals surface area (Å²) in [7, 11) is 0. The molecule has 0 saturated heterocycles. The van der Waals surface area contributed by atoms with Crippen molar-refractivity contribution in [2.45, 2.75) is 25.9 Å². The summed E-state index contributed by atoms with van der Waals surface area (Å²) in [5.74, 6) is 1.48. The van der Waals surface area contributed by atoms with Crippen LogP contribution in [0.4, 0.5) is 13.2 Å². The number of nitrogens with one attached hydrogen (secondary N) is 1. The van der Waals surface area contributed by atoms with Crippen LogP contribution in [0.2, 0.25) is 0 Å². The SMILES string of the molecule is CC1CC1Cc1nn(-c2ccccc2C(F)(F)F)c(=O)[nH]1. The second kappa shape index (κ2) is 4.75. The van der Waals surface area contributed by atoms with E-state index in [1.54, 1.807) is 0 Å². The number of nitrogens with zero attached hydrogens (tertiary/aromatic N) is 2. The van der Waals surface area contributed by atoms with Crippen molar-refractivity contribution in [1.82, 2.24) is 14.8 Å². The molecule has 7 heteroatoms. The number of alkyl halides is 3. The summed E-state index contributed by atoms with van der Waals surface area (Å²) in [5.41, 5.74) is -1.76. The highest BCUT2D eigenvalue weighted by Gasteiger charge is 2.35. The van der Waals surface area contributed by atoms with Crippen LogP contribution in [0.5, 0.6) is 0 Å². The van der Waals surface area contributed by atoms with Gasteiger partial charge in [0.1, 0.15) is 5.82 Å². The Morgan fingerprint density at radius 1 is 1.38 bits per heavy atom. The predicted octanol–water partition coefficient (Wildman–Crippen LogP) is 2.78. The molecular formula is C14H14F3N3O. The van der Waals surface area contributed by atoms with Crippen molar-refractivity contribution in [2.75, 3.05) is 0 Å². The van der Waals surface area contributed by atoms with Crippen LogP contribution in [0.3, 0.4) is 0 Å². The van der Waals surface area contributed by atoms with Crippen molar-refractivity contribution in [3.8, 4) is 5.69 Å². The second-order valence-corrected chi connectivity index (χ2v) is 5.48. The van der Waals surface area contributed by atoms with Gasteiger partial charge in [-0.3, -0.25) is 4.98 Å². The molecule has 1 heterocycles. The Morgan fingerprint density at radius 2 is 2.05 bits per heavy atom. The summed E-state index contributed by atoms with van der Waals surface area (Å²) in [6.45, 7) is 2.10. The number of aromatic amines is 1. The maximum absolute atomic E-state index is 13.0. The van der Waals surface area contributed by atoms with Gasteiger partial charge < -0.3 is 0 Å². The number of benzene rings is 1. The minimum absolute atomic E-state index is 0.249. The van der Waals surface area contributed by atoms with Crippen molar-refractivity contribution in [3.63, 3.8) is 0 Å². The molecule has 1 aliphatic carbocycles. The topological polar surface area (TPSA) is 50.7 Å². The van der Waals surface area contributed by atoms with Gasteiger partial charge in [-0.15, -0.1) is 0 Å². The molecule has 1 fully saturated rings. The minimum Gasteiger partial charge on any atom is -0.292 e. The van der Waals surface area contributed by atoms with Gasteiger partial charge in [0.15, 0.2) is 0 Å². The summed E-state index contributed by atoms with van der Waals surface area (Å²) in [4.78, 5) is 14.4. The number of halogens is 3. The van der Waals surface area contributed by atoms with E-state index in [0.29, 0.717) is 24.1 Å². The van der Waals surface area contributed by atoms with E-state index in [4.69, 9.17) is 0 Å². The minimum atomic E-state index is -4.53. The monoisotopic (exact) mass is 297 g/mol. The van der Waals surface area contributed by atoms with Crippen LogP contribution < -0.4 is 5.69 Å². The molecule has 0 bridgehead atoms. The zero-order valence-electron chi connectivity index (χ0n) is 11.3. The molecule has 3 rings (SSSR count). The Kier molecular flexibility index (Phi) is 3.15. The lowest BCUT2D eigenvalue weighted by Crippen LogP contribution is -2.20. The first-order valence-corrected chi connectivity index (χ1v) is 6.71. The molecule has 0 spiro atoms. The van der Waals surface area contributed by atoms with E-state index in [2.05, 4.69) is 17.0 Å². The summed E-state index contributed by atoms with van der Waals surface area (Å²) in [6.07, 6.45) is -2.87. The van der Waals surface area contributed by atoms with E-state index in [0.717, 1.165) is 17.2 Å². The zero-order valence-corrected chi connectivity index (χ0v) is 11.3. The smallest absolute Gasteiger partial charge is 0.292 e.